The molecule has 1 unspecified atom stereocenters. The summed E-state index contributed by atoms with van der Waals surface area (Å²) in [6.45, 7) is 1.66. The van der Waals surface area contributed by atoms with Crippen molar-refractivity contribution in [1.82, 2.24) is 4.98 Å². The number of carbonyl (C=O) groups is 1. The van der Waals surface area contributed by atoms with Crippen LogP contribution in [0.5, 0.6) is 5.75 Å². The van der Waals surface area contributed by atoms with Gasteiger partial charge in [0.05, 0.1) is 12.8 Å². The second-order valence-electron chi connectivity index (χ2n) is 6.43. The van der Waals surface area contributed by atoms with Crippen molar-refractivity contribution < 1.29 is 14.3 Å². The Balaban J connectivity index is 1.82. The number of hydrogen-bond acceptors (Lipinski definition) is 4. The number of hydrogen-bond donors (Lipinski definition) is 1. The number of ether oxygens (including phenoxy) is 2. The number of aromatic amines is 1. The van der Waals surface area contributed by atoms with E-state index in [1.807, 2.05) is 24.3 Å². The van der Waals surface area contributed by atoms with Crippen molar-refractivity contribution in [3.05, 3.63) is 70.4 Å². The van der Waals surface area contributed by atoms with Gasteiger partial charge in [0.15, 0.2) is 11.4 Å². The number of carbonyl (C=O) groups excluding carboxylic acids is 1. The first-order valence-electron chi connectivity index (χ1n) is 8.27. The molecule has 2 aromatic carbocycles. The number of H-pyrrole nitrogens is 1. The summed E-state index contributed by atoms with van der Waals surface area (Å²) in [6.07, 6.45) is 0. The molecule has 5 nitrogen and oxygen atoms in total. The van der Waals surface area contributed by atoms with Gasteiger partial charge in [-0.3, -0.25) is 4.79 Å². The number of nitrogens with zero attached hydrogens (tertiary/aromatic N) is 1. The van der Waals surface area contributed by atoms with Crippen LogP contribution in [0.4, 0.5) is 0 Å². The second-order valence-corrected chi connectivity index (χ2v) is 6.86. The van der Waals surface area contributed by atoms with Crippen molar-refractivity contribution in [3.8, 4) is 11.8 Å². The van der Waals surface area contributed by atoms with Crippen LogP contribution in [0.15, 0.2) is 54.1 Å². The van der Waals surface area contributed by atoms with Crippen LogP contribution in [-0.2, 0) is 15.1 Å². The summed E-state index contributed by atoms with van der Waals surface area (Å²) in [7, 11) is 1.55. The maximum absolute atomic E-state index is 13.0. The third-order valence-corrected chi connectivity index (χ3v) is 4.99. The van der Waals surface area contributed by atoms with Crippen molar-refractivity contribution in [1.29, 1.82) is 5.26 Å². The largest absolute Gasteiger partial charge is 0.497 e. The number of benzene rings is 2. The van der Waals surface area contributed by atoms with Gasteiger partial charge in [0.1, 0.15) is 17.4 Å². The minimum atomic E-state index is -1.30. The molecule has 1 aliphatic rings. The third-order valence-electron chi connectivity index (χ3n) is 4.75. The summed E-state index contributed by atoms with van der Waals surface area (Å²) in [5, 5.41) is 11.1. The highest BCUT2D eigenvalue weighted by molar-refractivity contribution is 6.31. The molecule has 27 heavy (non-hydrogen) atoms. The maximum Gasteiger partial charge on any atom is 0.225 e. The molecule has 1 aliphatic heterocycles. The van der Waals surface area contributed by atoms with Crippen molar-refractivity contribution in [3.63, 3.8) is 0 Å². The number of halogens is 1. The molecule has 0 aliphatic carbocycles. The monoisotopic (exact) mass is 378 g/mol. The Morgan fingerprint density at radius 2 is 2.04 bits per heavy atom. The highest BCUT2D eigenvalue weighted by atomic mass is 35.5. The lowest BCUT2D eigenvalue weighted by molar-refractivity contribution is -0.128. The zero-order chi connectivity index (χ0) is 19.2. The fourth-order valence-electron chi connectivity index (χ4n) is 3.27. The average Bonchev–Trinajstić information content (AvgIpc) is 3.21. The van der Waals surface area contributed by atoms with Gasteiger partial charge in [0.2, 0.25) is 5.78 Å². The van der Waals surface area contributed by atoms with Gasteiger partial charge in [-0.25, -0.2) is 0 Å². The van der Waals surface area contributed by atoms with Gasteiger partial charge < -0.3 is 14.5 Å². The van der Waals surface area contributed by atoms with Gasteiger partial charge in [0, 0.05) is 21.5 Å². The lowest BCUT2D eigenvalue weighted by Crippen LogP contribution is -2.30. The van der Waals surface area contributed by atoms with Gasteiger partial charge in [-0.2, -0.15) is 5.26 Å². The number of rotatable bonds is 3. The van der Waals surface area contributed by atoms with Crippen LogP contribution < -0.4 is 4.74 Å². The molecule has 1 aromatic heterocycles. The highest BCUT2D eigenvalue weighted by Gasteiger charge is 2.48. The van der Waals surface area contributed by atoms with Gasteiger partial charge >= 0.3 is 0 Å². The lowest BCUT2D eigenvalue weighted by atomic mass is 9.89. The summed E-state index contributed by atoms with van der Waals surface area (Å²) in [6, 6.07) is 16.3. The Hall–Kier alpha value is -3.23. The molecule has 0 radical (unpaired) electrons. The van der Waals surface area contributed by atoms with E-state index < -0.39 is 5.60 Å². The number of Topliss-reactive ketones (excluding diaryl/α,β-unsaturated/α-hetero) is 1. The van der Waals surface area contributed by atoms with Gasteiger partial charge in [-0.05, 0) is 43.3 Å². The fourth-order valence-corrected chi connectivity index (χ4v) is 3.45. The van der Waals surface area contributed by atoms with Crippen LogP contribution in [0.3, 0.4) is 0 Å². The summed E-state index contributed by atoms with van der Waals surface area (Å²) in [4.78, 5) is 16.2. The second kappa shape index (κ2) is 6.19. The Bertz CT molecular complexity index is 1160. The van der Waals surface area contributed by atoms with E-state index in [9.17, 15) is 10.1 Å². The molecule has 6 heteroatoms. The Morgan fingerprint density at radius 3 is 2.78 bits per heavy atom. The maximum atomic E-state index is 13.0. The van der Waals surface area contributed by atoms with Crippen LogP contribution in [0.25, 0.3) is 16.7 Å². The first kappa shape index (κ1) is 17.2. The molecule has 2 heterocycles. The number of methoxy groups -OCH3 is 1. The molecule has 1 N–H and O–H groups in total. The molecule has 0 saturated heterocycles. The Labute approximate surface area is 160 Å². The Kier molecular flexibility index (Phi) is 3.94. The number of nitriles is 1. The van der Waals surface area contributed by atoms with Gasteiger partial charge in [-0.1, -0.05) is 23.7 Å². The van der Waals surface area contributed by atoms with E-state index in [0.29, 0.717) is 22.0 Å². The van der Waals surface area contributed by atoms with Crippen molar-refractivity contribution in [2.45, 2.75) is 12.5 Å². The van der Waals surface area contributed by atoms with E-state index in [0.717, 1.165) is 10.9 Å². The van der Waals surface area contributed by atoms with Crippen LogP contribution in [-0.4, -0.2) is 17.9 Å². The number of fused-ring (bicyclic) bond motifs is 1. The molecule has 0 amide bonds. The first-order valence-corrected chi connectivity index (χ1v) is 8.65. The molecule has 4 rings (SSSR count). The molecule has 1 atom stereocenters. The van der Waals surface area contributed by atoms with E-state index in [1.165, 1.54) is 0 Å². The van der Waals surface area contributed by atoms with E-state index >= 15 is 0 Å². The predicted molar refractivity (Wildman–Crippen MR) is 102 cm³/mol. The van der Waals surface area contributed by atoms with Crippen LogP contribution in [0.1, 0.15) is 18.2 Å². The quantitative estimate of drug-likeness (QED) is 0.723. The molecule has 134 valence electrons. The lowest BCUT2D eigenvalue weighted by Gasteiger charge is -2.24. The van der Waals surface area contributed by atoms with Crippen LogP contribution >= 0.6 is 11.6 Å². The summed E-state index contributed by atoms with van der Waals surface area (Å²) >= 11 is 6.05. The third kappa shape index (κ3) is 2.66. The molecule has 0 spiro atoms. The molecule has 0 saturated carbocycles. The van der Waals surface area contributed by atoms with Gasteiger partial charge in [0.25, 0.3) is 0 Å². The minimum Gasteiger partial charge on any atom is -0.497 e. The predicted octanol–water partition coefficient (Wildman–Crippen LogP) is 4.58. The summed E-state index contributed by atoms with van der Waals surface area (Å²) < 4.78 is 11.3. The summed E-state index contributed by atoms with van der Waals surface area (Å²) in [5.41, 5.74) is 0.699. The average molecular weight is 379 g/mol. The van der Waals surface area contributed by atoms with E-state index in [-0.39, 0.29) is 17.1 Å². The van der Waals surface area contributed by atoms with Crippen LogP contribution in [0, 0.1) is 11.3 Å². The number of aromatic nitrogens is 1. The zero-order valence-corrected chi connectivity index (χ0v) is 15.4. The van der Waals surface area contributed by atoms with E-state index in [1.54, 1.807) is 44.4 Å². The molecular formula is C21H15ClN2O3. The Morgan fingerprint density at radius 1 is 1.22 bits per heavy atom. The molecular weight excluding hydrogens is 364 g/mol. The van der Waals surface area contributed by atoms with Crippen molar-refractivity contribution >= 4 is 34.0 Å². The fraction of sp³-hybridized carbons (Fsp3) is 0.143. The highest BCUT2D eigenvalue weighted by Crippen LogP contribution is 2.43. The summed E-state index contributed by atoms with van der Waals surface area (Å²) in [5.74, 6) is 0.461. The van der Waals surface area contributed by atoms with Crippen LogP contribution in [0.2, 0.25) is 5.02 Å². The minimum absolute atomic E-state index is 0.0158. The van der Waals surface area contributed by atoms with E-state index in [4.69, 9.17) is 21.1 Å². The zero-order valence-electron chi connectivity index (χ0n) is 14.7. The standard InChI is InChI=1S/C21H15ClN2O3/c1-21(13-4-3-5-15(10-13)26-2)20(25)16(11-23)19(27-21)18-9-12-8-14(22)6-7-17(12)24-18/h3-10,24H,1-2H3. The van der Waals surface area contributed by atoms with E-state index in [2.05, 4.69) is 4.98 Å². The molecule has 0 fully saturated rings. The molecule has 3 aromatic rings. The van der Waals surface area contributed by atoms with Crippen molar-refractivity contribution in [2.75, 3.05) is 7.11 Å². The smallest absolute Gasteiger partial charge is 0.225 e. The SMILES string of the molecule is COc1cccc(C2(C)OC(c3cc4cc(Cl)ccc4[nH]3)=C(C#N)C2=O)c1. The topological polar surface area (TPSA) is 75.1 Å². The normalized spacial score (nSPS) is 19.3. The number of nitrogens with one attached hydrogen (secondary N) is 1. The van der Waals surface area contributed by atoms with Gasteiger partial charge in [-0.15, -0.1) is 0 Å². The number of ketones is 1. The first-order chi connectivity index (χ1) is 13.0. The van der Waals surface area contributed by atoms with Crippen molar-refractivity contribution in [2.24, 2.45) is 0 Å². The molecule has 0 bridgehead atoms.